The number of aromatic nitrogens is 1. The van der Waals surface area contributed by atoms with E-state index < -0.39 is 10.8 Å². The molecule has 0 aliphatic carbocycles. The van der Waals surface area contributed by atoms with Gasteiger partial charge in [-0.25, -0.2) is 4.98 Å². The molecular formula is C12H19Cl2N3OS. The second kappa shape index (κ2) is 8.61. The van der Waals surface area contributed by atoms with Gasteiger partial charge in [0.25, 0.3) is 0 Å². The van der Waals surface area contributed by atoms with Crippen LogP contribution in [0.3, 0.4) is 0 Å². The predicted molar refractivity (Wildman–Crippen MR) is 85.1 cm³/mol. The molecule has 2 N–H and O–H groups in total. The van der Waals surface area contributed by atoms with E-state index in [1.165, 1.54) is 0 Å². The molecule has 108 valence electrons. The second-order valence-corrected chi connectivity index (χ2v) is 6.62. The molecule has 4 nitrogen and oxygen atoms in total. The molecule has 0 fully saturated rings. The Morgan fingerprint density at radius 3 is 2.26 bits per heavy atom. The minimum atomic E-state index is -0.797. The van der Waals surface area contributed by atoms with Crippen LogP contribution in [-0.4, -0.2) is 33.8 Å². The number of nitrogens with one attached hydrogen (secondary N) is 2. The van der Waals surface area contributed by atoms with Crippen LogP contribution >= 0.6 is 23.2 Å². The van der Waals surface area contributed by atoms with E-state index in [9.17, 15) is 4.21 Å². The van der Waals surface area contributed by atoms with E-state index >= 15 is 0 Å². The first-order valence-electron chi connectivity index (χ1n) is 6.27. The zero-order chi connectivity index (χ0) is 14.3. The topological polar surface area (TPSA) is 54.0 Å². The first-order chi connectivity index (χ1) is 9.08. The molecule has 0 saturated heterocycles. The van der Waals surface area contributed by atoms with Crippen molar-refractivity contribution in [3.8, 4) is 0 Å². The molecule has 19 heavy (non-hydrogen) atoms. The van der Waals surface area contributed by atoms with Gasteiger partial charge in [-0.2, -0.15) is 0 Å². The molecule has 1 heterocycles. The molecule has 1 aromatic heterocycles. The molecule has 0 spiro atoms. The van der Waals surface area contributed by atoms with Gasteiger partial charge in [0.15, 0.2) is 0 Å². The first kappa shape index (κ1) is 16.5. The maximum Gasteiger partial charge on any atom is 0.147 e. The highest BCUT2D eigenvalue weighted by molar-refractivity contribution is 7.84. The third-order valence-electron chi connectivity index (χ3n) is 2.42. The van der Waals surface area contributed by atoms with Gasteiger partial charge < -0.3 is 10.6 Å². The molecular weight excluding hydrogens is 305 g/mol. The Balaban J connectivity index is 2.68. The van der Waals surface area contributed by atoms with E-state index in [1.807, 2.05) is 6.92 Å². The molecule has 1 unspecified atom stereocenters. The quantitative estimate of drug-likeness (QED) is 0.770. The number of nitrogens with zero attached hydrogens (tertiary/aromatic N) is 1. The van der Waals surface area contributed by atoms with Crippen molar-refractivity contribution in [2.24, 2.45) is 0 Å². The van der Waals surface area contributed by atoms with E-state index in [4.69, 9.17) is 23.2 Å². The average Bonchev–Trinajstić information content (AvgIpc) is 2.39. The zero-order valence-corrected chi connectivity index (χ0v) is 13.5. The van der Waals surface area contributed by atoms with Crippen LogP contribution in [0, 0.1) is 0 Å². The van der Waals surface area contributed by atoms with Gasteiger partial charge in [-0.3, -0.25) is 4.21 Å². The predicted octanol–water partition coefficient (Wildman–Crippen LogP) is 3.39. The lowest BCUT2D eigenvalue weighted by Gasteiger charge is -2.12. The normalized spacial score (nSPS) is 12.2. The van der Waals surface area contributed by atoms with Crippen molar-refractivity contribution >= 4 is 45.6 Å². The summed E-state index contributed by atoms with van der Waals surface area (Å²) in [6, 6.07) is 1.66. The summed E-state index contributed by atoms with van der Waals surface area (Å²) in [4.78, 5) is 4.35. The molecule has 0 aliphatic heterocycles. The van der Waals surface area contributed by atoms with Gasteiger partial charge in [0.2, 0.25) is 0 Å². The van der Waals surface area contributed by atoms with Gasteiger partial charge in [0, 0.05) is 35.4 Å². The van der Waals surface area contributed by atoms with Crippen molar-refractivity contribution < 1.29 is 4.21 Å². The molecule has 1 atom stereocenters. The molecule has 1 aromatic rings. The lowest BCUT2D eigenvalue weighted by atomic mass is 10.4. The van der Waals surface area contributed by atoms with E-state index in [1.54, 1.807) is 6.07 Å². The van der Waals surface area contributed by atoms with Crippen molar-refractivity contribution in [1.82, 2.24) is 4.98 Å². The summed E-state index contributed by atoms with van der Waals surface area (Å²) in [6.45, 7) is 5.34. The Hall–Kier alpha value is -0.520. The summed E-state index contributed by atoms with van der Waals surface area (Å²) in [5.41, 5.74) is 0. The van der Waals surface area contributed by atoms with Crippen LogP contribution in [0.2, 0.25) is 10.0 Å². The highest BCUT2D eigenvalue weighted by atomic mass is 35.5. The Morgan fingerprint density at radius 1 is 1.16 bits per heavy atom. The van der Waals surface area contributed by atoms with E-state index in [2.05, 4.69) is 22.5 Å². The molecule has 0 aromatic carbocycles. The number of hydrogen-bond donors (Lipinski definition) is 2. The average molecular weight is 324 g/mol. The minimum absolute atomic E-state index is 0.467. The van der Waals surface area contributed by atoms with Gasteiger partial charge >= 0.3 is 0 Å². The van der Waals surface area contributed by atoms with Crippen LogP contribution in [-0.2, 0) is 10.8 Å². The van der Waals surface area contributed by atoms with E-state index in [-0.39, 0.29) is 0 Å². The second-order valence-electron chi connectivity index (χ2n) is 3.94. The van der Waals surface area contributed by atoms with Crippen LogP contribution in [0.15, 0.2) is 6.07 Å². The Morgan fingerprint density at radius 2 is 1.74 bits per heavy atom. The molecule has 0 radical (unpaired) electrons. The lowest BCUT2D eigenvalue weighted by molar-refractivity contribution is 0.684. The first-order valence-corrected chi connectivity index (χ1v) is 8.51. The molecule has 7 heteroatoms. The van der Waals surface area contributed by atoms with Crippen LogP contribution in [0.25, 0.3) is 0 Å². The summed E-state index contributed by atoms with van der Waals surface area (Å²) in [5.74, 6) is 2.42. The van der Waals surface area contributed by atoms with Crippen LogP contribution < -0.4 is 10.6 Å². The van der Waals surface area contributed by atoms with Crippen molar-refractivity contribution in [2.45, 2.75) is 20.3 Å². The summed E-state index contributed by atoms with van der Waals surface area (Å²) in [6.07, 6.45) is 0.985. The SMILES string of the molecule is CCCNc1nc(NCCS(=O)CC)c(Cl)cc1Cl. The molecule has 0 saturated carbocycles. The Kier molecular flexibility index (Phi) is 7.49. The highest BCUT2D eigenvalue weighted by Crippen LogP contribution is 2.29. The fourth-order valence-corrected chi connectivity index (χ4v) is 2.50. The standard InChI is InChI=1S/C12H19Cl2N3OS/c1-3-5-15-11-9(13)8-10(14)12(17-11)16-6-7-19(18)4-2/h8H,3-7H2,1-2H3,(H2,15,16,17). The summed E-state index contributed by atoms with van der Waals surface area (Å²) in [7, 11) is -0.797. The largest absolute Gasteiger partial charge is 0.369 e. The third kappa shape index (κ3) is 5.55. The maximum absolute atomic E-state index is 11.3. The van der Waals surface area contributed by atoms with E-state index in [0.29, 0.717) is 39.7 Å². The van der Waals surface area contributed by atoms with Gasteiger partial charge in [-0.1, -0.05) is 37.0 Å². The smallest absolute Gasteiger partial charge is 0.147 e. The number of rotatable bonds is 8. The summed E-state index contributed by atoms with van der Waals surface area (Å²) in [5, 5.41) is 7.19. The van der Waals surface area contributed by atoms with Gasteiger partial charge in [0.05, 0.1) is 10.0 Å². The fraction of sp³-hybridized carbons (Fsp3) is 0.583. The number of halogens is 2. The van der Waals surface area contributed by atoms with Crippen LogP contribution in [0.4, 0.5) is 11.6 Å². The van der Waals surface area contributed by atoms with Crippen LogP contribution in [0.1, 0.15) is 20.3 Å². The van der Waals surface area contributed by atoms with Crippen molar-refractivity contribution in [2.75, 3.05) is 35.2 Å². The third-order valence-corrected chi connectivity index (χ3v) is 4.30. The maximum atomic E-state index is 11.3. The van der Waals surface area contributed by atoms with Crippen molar-refractivity contribution in [1.29, 1.82) is 0 Å². The summed E-state index contributed by atoms with van der Waals surface area (Å²) < 4.78 is 11.3. The monoisotopic (exact) mass is 323 g/mol. The van der Waals surface area contributed by atoms with Gasteiger partial charge in [-0.05, 0) is 12.5 Å². The Bertz CT molecular complexity index is 443. The van der Waals surface area contributed by atoms with Gasteiger partial charge in [0.1, 0.15) is 11.6 Å². The number of anilines is 2. The van der Waals surface area contributed by atoms with Crippen molar-refractivity contribution in [3.05, 3.63) is 16.1 Å². The molecule has 0 aliphatic rings. The highest BCUT2D eigenvalue weighted by Gasteiger charge is 2.09. The molecule has 0 bridgehead atoms. The Labute approximate surface area is 126 Å². The van der Waals surface area contributed by atoms with Gasteiger partial charge in [-0.15, -0.1) is 0 Å². The lowest BCUT2D eigenvalue weighted by Crippen LogP contribution is -2.14. The van der Waals surface area contributed by atoms with Crippen molar-refractivity contribution in [3.63, 3.8) is 0 Å². The number of pyridine rings is 1. The van der Waals surface area contributed by atoms with E-state index in [0.717, 1.165) is 13.0 Å². The molecule has 0 amide bonds. The fourth-order valence-electron chi connectivity index (χ4n) is 1.39. The number of hydrogen-bond acceptors (Lipinski definition) is 4. The van der Waals surface area contributed by atoms with Crippen LogP contribution in [0.5, 0.6) is 0 Å². The zero-order valence-electron chi connectivity index (χ0n) is 11.1. The summed E-state index contributed by atoms with van der Waals surface area (Å²) >= 11 is 12.1. The molecule has 1 rings (SSSR count). The minimum Gasteiger partial charge on any atom is -0.369 e.